The molecule has 1 aromatic rings. The first-order chi connectivity index (χ1) is 8.70. The minimum Gasteiger partial charge on any atom is -0.394 e. The second-order valence-corrected chi connectivity index (χ2v) is 4.62. The molecule has 98 valence electrons. The van der Waals surface area contributed by atoms with Crippen LogP contribution in [0.15, 0.2) is 30.4 Å². The van der Waals surface area contributed by atoms with Gasteiger partial charge in [-0.15, -0.1) is 0 Å². The molecule has 0 saturated heterocycles. The number of nitrogens with one attached hydrogen (secondary N) is 1. The highest BCUT2D eigenvalue weighted by molar-refractivity contribution is 5.22. The Morgan fingerprint density at radius 2 is 2.00 bits per heavy atom. The van der Waals surface area contributed by atoms with Crippen molar-refractivity contribution in [3.63, 3.8) is 0 Å². The summed E-state index contributed by atoms with van der Waals surface area (Å²) in [5.74, 6) is -0.721. The van der Waals surface area contributed by atoms with Crippen molar-refractivity contribution in [2.75, 3.05) is 13.2 Å². The molecule has 0 saturated carbocycles. The minimum atomic E-state index is -0.619. The summed E-state index contributed by atoms with van der Waals surface area (Å²) in [7, 11) is 0. The van der Waals surface area contributed by atoms with Gasteiger partial charge in [0.05, 0.1) is 12.6 Å². The molecule has 1 aliphatic carbocycles. The number of halogens is 2. The van der Waals surface area contributed by atoms with Crippen LogP contribution >= 0.6 is 0 Å². The van der Waals surface area contributed by atoms with Gasteiger partial charge in [-0.05, 0) is 31.4 Å². The molecule has 0 amide bonds. The third kappa shape index (κ3) is 3.15. The Morgan fingerprint density at radius 1 is 1.28 bits per heavy atom. The van der Waals surface area contributed by atoms with Crippen LogP contribution in [0.3, 0.4) is 0 Å². The van der Waals surface area contributed by atoms with Crippen molar-refractivity contribution < 1.29 is 13.9 Å². The number of hydrogen-bond acceptors (Lipinski definition) is 2. The van der Waals surface area contributed by atoms with Crippen molar-refractivity contribution in [2.24, 2.45) is 5.92 Å². The quantitative estimate of drug-likeness (QED) is 0.790. The highest BCUT2D eigenvalue weighted by Crippen LogP contribution is 2.21. The number of hydrogen-bond donors (Lipinski definition) is 2. The molecule has 18 heavy (non-hydrogen) atoms. The van der Waals surface area contributed by atoms with Crippen molar-refractivity contribution in [1.29, 1.82) is 0 Å². The van der Waals surface area contributed by atoms with E-state index in [2.05, 4.69) is 17.5 Å². The Kier molecular flexibility index (Phi) is 4.44. The SMILES string of the molecule is OCC(NCC1CC=CC1)c1ccc(F)cc1F. The molecule has 0 heterocycles. The van der Waals surface area contributed by atoms with E-state index in [-0.39, 0.29) is 6.61 Å². The third-order valence-corrected chi connectivity index (χ3v) is 3.28. The van der Waals surface area contributed by atoms with Crippen molar-refractivity contribution >= 4 is 0 Å². The lowest BCUT2D eigenvalue weighted by atomic mass is 10.0. The van der Waals surface area contributed by atoms with Crippen LogP contribution in [0.1, 0.15) is 24.4 Å². The molecule has 1 unspecified atom stereocenters. The fourth-order valence-corrected chi connectivity index (χ4v) is 2.21. The van der Waals surface area contributed by atoms with E-state index in [0.29, 0.717) is 11.5 Å². The van der Waals surface area contributed by atoms with Gasteiger partial charge >= 0.3 is 0 Å². The predicted molar refractivity (Wildman–Crippen MR) is 66.1 cm³/mol. The molecule has 1 aliphatic rings. The van der Waals surface area contributed by atoms with Gasteiger partial charge in [0.15, 0.2) is 0 Å². The normalized spacial score (nSPS) is 17.3. The number of allylic oxidation sites excluding steroid dienone is 2. The number of rotatable bonds is 5. The van der Waals surface area contributed by atoms with E-state index >= 15 is 0 Å². The van der Waals surface area contributed by atoms with E-state index < -0.39 is 17.7 Å². The molecule has 0 radical (unpaired) electrons. The van der Waals surface area contributed by atoms with Gasteiger partial charge in [0, 0.05) is 11.6 Å². The minimum absolute atomic E-state index is 0.206. The van der Waals surface area contributed by atoms with Gasteiger partial charge in [0.2, 0.25) is 0 Å². The smallest absolute Gasteiger partial charge is 0.130 e. The fraction of sp³-hybridized carbons (Fsp3) is 0.429. The van der Waals surface area contributed by atoms with E-state index in [0.717, 1.165) is 25.5 Å². The summed E-state index contributed by atoms with van der Waals surface area (Å²) in [5, 5.41) is 12.4. The maximum absolute atomic E-state index is 13.6. The standard InChI is InChI=1S/C14H17F2NO/c15-11-5-6-12(13(16)7-11)14(9-18)17-8-10-3-1-2-4-10/h1-2,5-7,10,14,17-18H,3-4,8-9H2. The maximum atomic E-state index is 13.6. The van der Waals surface area contributed by atoms with Crippen LogP contribution < -0.4 is 5.32 Å². The Hall–Kier alpha value is -1.26. The van der Waals surface area contributed by atoms with Crippen LogP contribution in [0.4, 0.5) is 8.78 Å². The van der Waals surface area contributed by atoms with Crippen molar-refractivity contribution in [2.45, 2.75) is 18.9 Å². The molecule has 0 fully saturated rings. The lowest BCUT2D eigenvalue weighted by Crippen LogP contribution is -2.29. The van der Waals surface area contributed by atoms with Crippen molar-refractivity contribution in [3.05, 3.63) is 47.5 Å². The topological polar surface area (TPSA) is 32.3 Å². The number of aliphatic hydroxyl groups is 1. The first kappa shape index (κ1) is 13.2. The zero-order valence-electron chi connectivity index (χ0n) is 10.1. The Balaban J connectivity index is 1.98. The van der Waals surface area contributed by atoms with E-state index in [1.165, 1.54) is 12.1 Å². The van der Waals surface area contributed by atoms with Crippen molar-refractivity contribution in [1.82, 2.24) is 5.32 Å². The zero-order valence-corrected chi connectivity index (χ0v) is 10.1. The molecule has 4 heteroatoms. The highest BCUT2D eigenvalue weighted by Gasteiger charge is 2.17. The molecule has 2 nitrogen and oxygen atoms in total. The second-order valence-electron chi connectivity index (χ2n) is 4.62. The van der Waals surface area contributed by atoms with Gasteiger partial charge in [-0.1, -0.05) is 18.2 Å². The molecule has 1 aromatic carbocycles. The summed E-state index contributed by atoms with van der Waals surface area (Å²) in [6.45, 7) is 0.512. The summed E-state index contributed by atoms with van der Waals surface area (Å²) >= 11 is 0. The van der Waals surface area contributed by atoms with Gasteiger partial charge in [0.25, 0.3) is 0 Å². The van der Waals surface area contributed by atoms with Crippen molar-refractivity contribution in [3.8, 4) is 0 Å². The van der Waals surface area contributed by atoms with E-state index in [1.807, 2.05) is 0 Å². The lowest BCUT2D eigenvalue weighted by molar-refractivity contribution is 0.236. The average Bonchev–Trinajstić information content (AvgIpc) is 2.85. The zero-order chi connectivity index (χ0) is 13.0. The summed E-state index contributed by atoms with van der Waals surface area (Å²) in [6, 6.07) is 2.95. The molecule has 2 N–H and O–H groups in total. The van der Waals surface area contributed by atoms with Crippen LogP contribution in [-0.4, -0.2) is 18.3 Å². The summed E-state index contributed by atoms with van der Waals surface area (Å²) < 4.78 is 26.4. The van der Waals surface area contributed by atoms with Crippen LogP contribution in [-0.2, 0) is 0 Å². The monoisotopic (exact) mass is 253 g/mol. The molecule has 0 spiro atoms. The van der Waals surface area contributed by atoms with Crippen LogP contribution in [0.5, 0.6) is 0 Å². The maximum Gasteiger partial charge on any atom is 0.130 e. The molecule has 2 rings (SSSR count). The Morgan fingerprint density at radius 3 is 2.61 bits per heavy atom. The van der Waals surface area contributed by atoms with Gasteiger partial charge < -0.3 is 10.4 Å². The largest absolute Gasteiger partial charge is 0.394 e. The summed E-state index contributed by atoms with van der Waals surface area (Å²) in [5.41, 5.74) is 0.310. The average molecular weight is 253 g/mol. The highest BCUT2D eigenvalue weighted by atomic mass is 19.1. The summed E-state index contributed by atoms with van der Waals surface area (Å²) in [4.78, 5) is 0. The van der Waals surface area contributed by atoms with Gasteiger partial charge in [-0.2, -0.15) is 0 Å². The van der Waals surface area contributed by atoms with Gasteiger partial charge in [-0.25, -0.2) is 8.78 Å². The first-order valence-electron chi connectivity index (χ1n) is 6.15. The Labute approximate surface area is 105 Å². The van der Waals surface area contributed by atoms with Crippen LogP contribution in [0.2, 0.25) is 0 Å². The molecule has 0 bridgehead atoms. The molecule has 0 aliphatic heterocycles. The van der Waals surface area contributed by atoms with E-state index in [1.54, 1.807) is 0 Å². The molecular formula is C14H17F2NO. The Bertz CT molecular complexity index is 426. The third-order valence-electron chi connectivity index (χ3n) is 3.28. The second kappa shape index (κ2) is 6.07. The molecule has 0 aromatic heterocycles. The fourth-order valence-electron chi connectivity index (χ4n) is 2.21. The number of aliphatic hydroxyl groups excluding tert-OH is 1. The summed E-state index contributed by atoms with van der Waals surface area (Å²) in [6.07, 6.45) is 6.27. The molecule has 1 atom stereocenters. The molecular weight excluding hydrogens is 236 g/mol. The van der Waals surface area contributed by atoms with E-state index in [4.69, 9.17) is 0 Å². The number of benzene rings is 1. The van der Waals surface area contributed by atoms with Gasteiger partial charge in [-0.3, -0.25) is 0 Å². The lowest BCUT2D eigenvalue weighted by Gasteiger charge is -2.20. The first-order valence-corrected chi connectivity index (χ1v) is 6.15. The van der Waals surface area contributed by atoms with E-state index in [9.17, 15) is 13.9 Å². The predicted octanol–water partition coefficient (Wildman–Crippen LogP) is 2.55. The van der Waals surface area contributed by atoms with Gasteiger partial charge in [0.1, 0.15) is 11.6 Å². The van der Waals surface area contributed by atoms with Crippen LogP contribution in [0.25, 0.3) is 0 Å². The van der Waals surface area contributed by atoms with Crippen LogP contribution in [0, 0.1) is 17.6 Å².